The van der Waals surface area contributed by atoms with Crippen LogP contribution in [-0.4, -0.2) is 24.9 Å². The summed E-state index contributed by atoms with van der Waals surface area (Å²) in [6.07, 6.45) is 0.544. The predicted octanol–water partition coefficient (Wildman–Crippen LogP) is 5.01. The standard InChI is InChI=1S/C22H20N2O3S/c1-25-19-10-9-14(12-20(19)26-2)22-24-17(15-6-3-4-7-18(15)27-22)13-16(23-24)21-8-5-11-28-21/h3-12,17,22H,13H2,1-2H3/t17-,22+/m1/s1. The maximum Gasteiger partial charge on any atom is 0.214 e. The number of thiophene rings is 1. The first-order valence-corrected chi connectivity index (χ1v) is 10.0. The van der Waals surface area contributed by atoms with E-state index in [-0.39, 0.29) is 12.3 Å². The average Bonchev–Trinajstić information content (AvgIpc) is 3.42. The van der Waals surface area contributed by atoms with Crippen molar-refractivity contribution in [1.82, 2.24) is 5.01 Å². The zero-order valence-corrected chi connectivity index (χ0v) is 16.5. The van der Waals surface area contributed by atoms with Crippen LogP contribution in [0.15, 0.2) is 65.1 Å². The monoisotopic (exact) mass is 392 g/mol. The van der Waals surface area contributed by atoms with Gasteiger partial charge in [0.2, 0.25) is 6.23 Å². The van der Waals surface area contributed by atoms with Gasteiger partial charge in [-0.25, -0.2) is 5.01 Å². The van der Waals surface area contributed by atoms with Crippen molar-refractivity contribution < 1.29 is 14.2 Å². The molecule has 2 aliphatic heterocycles. The number of hydrogen-bond acceptors (Lipinski definition) is 6. The molecule has 28 heavy (non-hydrogen) atoms. The third kappa shape index (κ3) is 2.72. The third-order valence-electron chi connectivity index (χ3n) is 5.20. The van der Waals surface area contributed by atoms with E-state index in [9.17, 15) is 0 Å². The Hall–Kier alpha value is -2.99. The quantitative estimate of drug-likeness (QED) is 0.626. The molecule has 1 aromatic heterocycles. The van der Waals surface area contributed by atoms with Crippen molar-refractivity contribution in [2.75, 3.05) is 14.2 Å². The molecule has 6 heteroatoms. The molecule has 2 atom stereocenters. The first-order chi connectivity index (χ1) is 13.8. The fourth-order valence-corrected chi connectivity index (χ4v) is 4.57. The summed E-state index contributed by atoms with van der Waals surface area (Å²) >= 11 is 1.72. The maximum absolute atomic E-state index is 6.40. The number of methoxy groups -OCH3 is 2. The lowest BCUT2D eigenvalue weighted by Gasteiger charge is -2.38. The first kappa shape index (κ1) is 17.1. The fraction of sp³-hybridized carbons (Fsp3) is 0.227. The second-order valence-corrected chi connectivity index (χ2v) is 7.69. The highest BCUT2D eigenvalue weighted by Gasteiger charge is 2.41. The summed E-state index contributed by atoms with van der Waals surface area (Å²) in [5.74, 6) is 2.29. The lowest BCUT2D eigenvalue weighted by Crippen LogP contribution is -2.33. The Morgan fingerprint density at radius 2 is 1.89 bits per heavy atom. The summed E-state index contributed by atoms with van der Waals surface area (Å²) in [6.45, 7) is 0. The number of hydrazone groups is 1. The van der Waals surface area contributed by atoms with Crippen LogP contribution in [0.4, 0.5) is 0 Å². The van der Waals surface area contributed by atoms with Gasteiger partial charge in [-0.05, 0) is 35.7 Å². The number of para-hydroxylation sites is 1. The zero-order chi connectivity index (χ0) is 19.1. The Labute approximate surface area is 167 Å². The second-order valence-electron chi connectivity index (χ2n) is 6.75. The lowest BCUT2D eigenvalue weighted by molar-refractivity contribution is -0.0191. The van der Waals surface area contributed by atoms with Gasteiger partial charge in [0.05, 0.1) is 30.9 Å². The lowest BCUT2D eigenvalue weighted by atomic mass is 9.97. The van der Waals surface area contributed by atoms with Crippen molar-refractivity contribution in [1.29, 1.82) is 0 Å². The van der Waals surface area contributed by atoms with Crippen molar-refractivity contribution in [3.05, 3.63) is 76.0 Å². The summed E-state index contributed by atoms with van der Waals surface area (Å²) < 4.78 is 17.3. The van der Waals surface area contributed by atoms with E-state index in [0.29, 0.717) is 11.5 Å². The van der Waals surface area contributed by atoms with E-state index >= 15 is 0 Å². The molecular weight excluding hydrogens is 372 g/mol. The number of benzene rings is 2. The summed E-state index contributed by atoms with van der Waals surface area (Å²) in [5.41, 5.74) is 3.26. The largest absolute Gasteiger partial charge is 0.493 e. The van der Waals surface area contributed by atoms with Crippen LogP contribution in [0.1, 0.15) is 34.7 Å². The normalized spacial score (nSPS) is 20.1. The Balaban J connectivity index is 1.59. The second kappa shape index (κ2) is 6.87. The van der Waals surface area contributed by atoms with E-state index in [2.05, 4.69) is 34.7 Å². The average molecular weight is 392 g/mol. The van der Waals surface area contributed by atoms with Crippen LogP contribution in [0.2, 0.25) is 0 Å². The Kier molecular flexibility index (Phi) is 4.20. The molecule has 0 N–H and O–H groups in total. The minimum absolute atomic E-state index is 0.153. The molecule has 0 spiro atoms. The zero-order valence-electron chi connectivity index (χ0n) is 15.7. The smallest absolute Gasteiger partial charge is 0.214 e. The van der Waals surface area contributed by atoms with Gasteiger partial charge in [-0.2, -0.15) is 5.10 Å². The predicted molar refractivity (Wildman–Crippen MR) is 109 cm³/mol. The number of nitrogens with zero attached hydrogens (tertiary/aromatic N) is 2. The first-order valence-electron chi connectivity index (χ1n) is 9.15. The molecule has 5 nitrogen and oxygen atoms in total. The molecule has 2 aliphatic rings. The highest BCUT2D eigenvalue weighted by Crippen LogP contribution is 2.48. The highest BCUT2D eigenvalue weighted by molar-refractivity contribution is 7.12. The van der Waals surface area contributed by atoms with Gasteiger partial charge >= 0.3 is 0 Å². The number of ether oxygens (including phenoxy) is 3. The van der Waals surface area contributed by atoms with Crippen molar-refractivity contribution >= 4 is 17.0 Å². The van der Waals surface area contributed by atoms with Crippen LogP contribution in [-0.2, 0) is 0 Å². The molecule has 0 saturated carbocycles. The fourth-order valence-electron chi connectivity index (χ4n) is 3.85. The van der Waals surface area contributed by atoms with Crippen LogP contribution in [0.25, 0.3) is 0 Å². The van der Waals surface area contributed by atoms with Gasteiger partial charge in [0.15, 0.2) is 11.5 Å². The van der Waals surface area contributed by atoms with E-state index in [0.717, 1.165) is 23.4 Å². The van der Waals surface area contributed by atoms with Crippen molar-refractivity contribution in [3.63, 3.8) is 0 Å². The number of hydrogen-bond donors (Lipinski definition) is 0. The Morgan fingerprint density at radius 3 is 2.68 bits per heavy atom. The molecule has 3 heterocycles. The van der Waals surface area contributed by atoms with E-state index in [4.69, 9.17) is 19.3 Å². The van der Waals surface area contributed by atoms with Crippen LogP contribution in [0.5, 0.6) is 17.2 Å². The Bertz CT molecular complexity index is 1030. The van der Waals surface area contributed by atoms with Gasteiger partial charge in [-0.15, -0.1) is 11.3 Å². The van der Waals surface area contributed by atoms with Gasteiger partial charge in [0.1, 0.15) is 5.75 Å². The molecule has 0 saturated heterocycles. The SMILES string of the molecule is COc1ccc([C@@H]2Oc3ccccc3[C@H]3CC(c4cccs4)=NN32)cc1OC. The molecule has 0 amide bonds. The molecule has 2 aromatic carbocycles. The van der Waals surface area contributed by atoms with Crippen molar-refractivity contribution in [2.24, 2.45) is 5.10 Å². The van der Waals surface area contributed by atoms with E-state index < -0.39 is 0 Å². The summed E-state index contributed by atoms with van der Waals surface area (Å²) in [4.78, 5) is 1.21. The van der Waals surface area contributed by atoms with Gasteiger partial charge in [0.25, 0.3) is 0 Å². The molecule has 0 unspecified atom stereocenters. The molecule has 0 bridgehead atoms. The van der Waals surface area contributed by atoms with Gasteiger partial charge in [-0.3, -0.25) is 0 Å². The summed E-state index contributed by atoms with van der Waals surface area (Å²) in [6, 6.07) is 18.5. The van der Waals surface area contributed by atoms with Crippen LogP contribution >= 0.6 is 11.3 Å². The molecule has 3 aromatic rings. The van der Waals surface area contributed by atoms with E-state index in [1.807, 2.05) is 30.3 Å². The van der Waals surface area contributed by atoms with Gasteiger partial charge in [0, 0.05) is 17.5 Å². The third-order valence-corrected chi connectivity index (χ3v) is 6.12. The minimum atomic E-state index is -0.322. The molecule has 0 radical (unpaired) electrons. The number of fused-ring (bicyclic) bond motifs is 3. The highest BCUT2D eigenvalue weighted by atomic mass is 32.1. The van der Waals surface area contributed by atoms with E-state index in [1.165, 1.54) is 10.4 Å². The molecule has 142 valence electrons. The summed E-state index contributed by atoms with van der Waals surface area (Å²) in [7, 11) is 3.28. The Morgan fingerprint density at radius 1 is 1.04 bits per heavy atom. The molecule has 0 fully saturated rings. The van der Waals surface area contributed by atoms with Gasteiger partial charge < -0.3 is 14.2 Å². The molecular formula is C22H20N2O3S. The van der Waals surface area contributed by atoms with Gasteiger partial charge in [-0.1, -0.05) is 24.3 Å². The van der Waals surface area contributed by atoms with Crippen molar-refractivity contribution in [2.45, 2.75) is 18.7 Å². The van der Waals surface area contributed by atoms with Crippen molar-refractivity contribution in [3.8, 4) is 17.2 Å². The van der Waals surface area contributed by atoms with E-state index in [1.54, 1.807) is 25.6 Å². The summed E-state index contributed by atoms with van der Waals surface area (Å²) in [5, 5.41) is 9.14. The topological polar surface area (TPSA) is 43.3 Å². The molecule has 5 rings (SSSR count). The number of rotatable bonds is 4. The maximum atomic E-state index is 6.40. The van der Waals surface area contributed by atoms with Crippen LogP contribution in [0.3, 0.4) is 0 Å². The van der Waals surface area contributed by atoms with Crippen LogP contribution < -0.4 is 14.2 Å². The van der Waals surface area contributed by atoms with Crippen LogP contribution in [0, 0.1) is 0 Å². The minimum Gasteiger partial charge on any atom is -0.493 e. The molecule has 0 aliphatic carbocycles.